The van der Waals surface area contributed by atoms with E-state index in [2.05, 4.69) is 26.3 Å². The Morgan fingerprint density at radius 3 is 2.78 bits per heavy atom. The van der Waals surface area contributed by atoms with Crippen LogP contribution in [0.3, 0.4) is 0 Å². The number of aromatic nitrogens is 3. The summed E-state index contributed by atoms with van der Waals surface area (Å²) in [5.41, 5.74) is 0.562. The predicted octanol–water partition coefficient (Wildman–Crippen LogP) is 2.57. The van der Waals surface area contributed by atoms with Crippen LogP contribution in [-0.4, -0.2) is 39.3 Å². The number of halogens is 1. The first-order chi connectivity index (χ1) is 15.5. The van der Waals surface area contributed by atoms with E-state index in [-0.39, 0.29) is 43.1 Å². The van der Waals surface area contributed by atoms with Crippen molar-refractivity contribution in [3.8, 4) is 11.6 Å². The van der Waals surface area contributed by atoms with Crippen molar-refractivity contribution in [1.29, 1.82) is 0 Å². The lowest BCUT2D eigenvalue weighted by molar-refractivity contribution is -0.126. The minimum absolute atomic E-state index is 0.0780. The number of hydrogen-bond donors (Lipinski definition) is 1. The fourth-order valence-electron chi connectivity index (χ4n) is 4.01. The van der Waals surface area contributed by atoms with E-state index < -0.39 is 5.92 Å². The van der Waals surface area contributed by atoms with Crippen molar-refractivity contribution in [3.63, 3.8) is 0 Å². The van der Waals surface area contributed by atoms with Gasteiger partial charge in [0.25, 0.3) is 0 Å². The van der Waals surface area contributed by atoms with E-state index >= 15 is 0 Å². The van der Waals surface area contributed by atoms with Crippen molar-refractivity contribution in [2.45, 2.75) is 31.8 Å². The third-order valence-corrected chi connectivity index (χ3v) is 6.26. The fraction of sp³-hybridized carbons (Fsp3) is 0.364. The van der Waals surface area contributed by atoms with Crippen molar-refractivity contribution in [2.24, 2.45) is 5.92 Å². The topological polar surface area (TPSA) is 102 Å². The standard InChI is InChI=1S/C22H22BrN5O4/c23-15-3-1-4-17(12-15)26-13-14(11-19(26)29)21(30)24-8-9-27-22(31)28(16-6-7-16)20(25-27)18-5-2-10-32-18/h1-5,10,12,14,16H,6-9,11,13H2,(H,24,30). The maximum atomic E-state index is 12.8. The third-order valence-electron chi connectivity index (χ3n) is 5.76. The van der Waals surface area contributed by atoms with Gasteiger partial charge in [-0.05, 0) is 43.2 Å². The average molecular weight is 500 g/mol. The van der Waals surface area contributed by atoms with E-state index in [1.807, 2.05) is 24.3 Å². The summed E-state index contributed by atoms with van der Waals surface area (Å²) in [7, 11) is 0. The highest BCUT2D eigenvalue weighted by Crippen LogP contribution is 2.36. The summed E-state index contributed by atoms with van der Waals surface area (Å²) in [5, 5.41) is 7.29. The van der Waals surface area contributed by atoms with Crippen LogP contribution in [0.4, 0.5) is 5.69 Å². The number of nitrogens with zero attached hydrogens (tertiary/aromatic N) is 4. The van der Waals surface area contributed by atoms with Crippen LogP contribution in [0.25, 0.3) is 11.6 Å². The summed E-state index contributed by atoms with van der Waals surface area (Å²) >= 11 is 3.41. The molecule has 0 radical (unpaired) electrons. The van der Waals surface area contributed by atoms with Crippen LogP contribution in [0.2, 0.25) is 0 Å². The van der Waals surface area contributed by atoms with Crippen LogP contribution in [0.5, 0.6) is 0 Å². The first-order valence-corrected chi connectivity index (χ1v) is 11.4. The van der Waals surface area contributed by atoms with Gasteiger partial charge in [-0.1, -0.05) is 22.0 Å². The molecule has 1 saturated carbocycles. The van der Waals surface area contributed by atoms with Crippen molar-refractivity contribution >= 4 is 33.4 Å². The van der Waals surface area contributed by atoms with E-state index in [9.17, 15) is 14.4 Å². The van der Waals surface area contributed by atoms with Crippen molar-refractivity contribution in [1.82, 2.24) is 19.7 Å². The van der Waals surface area contributed by atoms with E-state index in [0.29, 0.717) is 18.1 Å². The summed E-state index contributed by atoms with van der Waals surface area (Å²) in [6, 6.07) is 11.1. The van der Waals surface area contributed by atoms with Gasteiger partial charge in [0.05, 0.1) is 18.7 Å². The second-order valence-electron chi connectivity index (χ2n) is 8.08. The Hall–Kier alpha value is -3.14. The Labute approximate surface area is 192 Å². The van der Waals surface area contributed by atoms with Gasteiger partial charge in [-0.3, -0.25) is 14.2 Å². The smallest absolute Gasteiger partial charge is 0.346 e. The molecule has 1 unspecified atom stereocenters. The summed E-state index contributed by atoms with van der Waals surface area (Å²) < 4.78 is 9.35. The Kier molecular flexibility index (Phi) is 5.46. The molecule has 1 saturated heterocycles. The van der Waals surface area contributed by atoms with Gasteiger partial charge in [-0.25, -0.2) is 9.48 Å². The predicted molar refractivity (Wildman–Crippen MR) is 120 cm³/mol. The van der Waals surface area contributed by atoms with E-state index in [1.165, 1.54) is 4.68 Å². The molecule has 2 aromatic heterocycles. The van der Waals surface area contributed by atoms with Gasteiger partial charge in [0, 0.05) is 35.7 Å². The Morgan fingerprint density at radius 2 is 2.06 bits per heavy atom. The molecule has 2 aliphatic rings. The second-order valence-corrected chi connectivity index (χ2v) is 9.00. The molecule has 9 nitrogen and oxygen atoms in total. The number of amides is 2. The van der Waals surface area contributed by atoms with Gasteiger partial charge in [-0.15, -0.1) is 5.10 Å². The molecule has 2 amide bonds. The first kappa shape index (κ1) is 20.7. The van der Waals surface area contributed by atoms with Gasteiger partial charge in [0.1, 0.15) is 0 Å². The summed E-state index contributed by atoms with van der Waals surface area (Å²) in [6.45, 7) is 0.827. The molecule has 10 heteroatoms. The normalized spacial score (nSPS) is 18.3. The van der Waals surface area contributed by atoms with Crippen LogP contribution in [0, 0.1) is 5.92 Å². The number of nitrogens with one attached hydrogen (secondary N) is 1. The van der Waals surface area contributed by atoms with Crippen molar-refractivity contribution in [3.05, 3.63) is 57.6 Å². The molecular formula is C22H22BrN5O4. The number of benzene rings is 1. The highest BCUT2D eigenvalue weighted by Gasteiger charge is 2.35. The molecule has 1 aliphatic heterocycles. The van der Waals surface area contributed by atoms with Gasteiger partial charge in [-0.2, -0.15) is 0 Å². The number of hydrogen-bond acceptors (Lipinski definition) is 5. The molecule has 1 aliphatic carbocycles. The fourth-order valence-corrected chi connectivity index (χ4v) is 4.39. The second kappa shape index (κ2) is 8.42. The third kappa shape index (κ3) is 4.02. The number of rotatable bonds is 7. The highest BCUT2D eigenvalue weighted by atomic mass is 79.9. The van der Waals surface area contributed by atoms with E-state index in [0.717, 1.165) is 23.0 Å². The van der Waals surface area contributed by atoms with Crippen LogP contribution in [-0.2, 0) is 16.1 Å². The van der Waals surface area contributed by atoms with Crippen LogP contribution in [0.1, 0.15) is 25.3 Å². The molecule has 3 heterocycles. The molecule has 1 atom stereocenters. The lowest BCUT2D eigenvalue weighted by atomic mass is 10.1. The zero-order valence-corrected chi connectivity index (χ0v) is 18.8. The molecule has 1 N–H and O–H groups in total. The van der Waals surface area contributed by atoms with E-state index in [1.54, 1.807) is 27.9 Å². The Bertz CT molecular complexity index is 1210. The van der Waals surface area contributed by atoms with E-state index in [4.69, 9.17) is 4.42 Å². The number of carbonyl (C=O) groups is 2. The van der Waals surface area contributed by atoms with Gasteiger partial charge < -0.3 is 14.6 Å². The molecule has 0 spiro atoms. The average Bonchev–Trinajstić information content (AvgIpc) is 3.18. The zero-order valence-electron chi connectivity index (χ0n) is 17.2. The minimum atomic E-state index is -0.430. The molecule has 0 bridgehead atoms. The van der Waals surface area contributed by atoms with Gasteiger partial charge in [0.2, 0.25) is 17.6 Å². The summed E-state index contributed by atoms with van der Waals surface area (Å²) in [4.78, 5) is 39.5. The Balaban J connectivity index is 1.22. The number of carbonyl (C=O) groups excluding carboxylic acids is 2. The van der Waals surface area contributed by atoms with Crippen LogP contribution >= 0.6 is 15.9 Å². The minimum Gasteiger partial charge on any atom is -0.461 e. The van der Waals surface area contributed by atoms with Crippen LogP contribution in [0.15, 0.2) is 56.3 Å². The maximum absolute atomic E-state index is 12.8. The lowest BCUT2D eigenvalue weighted by Crippen LogP contribution is -2.36. The SMILES string of the molecule is O=C(NCCn1nc(-c2ccco2)n(C2CC2)c1=O)C1CC(=O)N(c2cccc(Br)c2)C1. The zero-order chi connectivity index (χ0) is 22.2. The molecule has 1 aromatic carbocycles. The number of anilines is 1. The molecule has 32 heavy (non-hydrogen) atoms. The molecular weight excluding hydrogens is 478 g/mol. The summed E-state index contributed by atoms with van der Waals surface area (Å²) in [5.74, 6) is 0.359. The quantitative estimate of drug-likeness (QED) is 0.538. The highest BCUT2D eigenvalue weighted by molar-refractivity contribution is 9.10. The monoisotopic (exact) mass is 499 g/mol. The number of furan rings is 1. The lowest BCUT2D eigenvalue weighted by Gasteiger charge is -2.17. The summed E-state index contributed by atoms with van der Waals surface area (Å²) in [6.07, 6.45) is 3.61. The van der Waals surface area contributed by atoms with Crippen LogP contribution < -0.4 is 15.9 Å². The molecule has 2 fully saturated rings. The van der Waals surface area contributed by atoms with Gasteiger partial charge >= 0.3 is 5.69 Å². The van der Waals surface area contributed by atoms with Crippen molar-refractivity contribution in [2.75, 3.05) is 18.0 Å². The Morgan fingerprint density at radius 1 is 1.22 bits per heavy atom. The first-order valence-electron chi connectivity index (χ1n) is 10.6. The molecule has 5 rings (SSSR count). The van der Waals surface area contributed by atoms with Crippen molar-refractivity contribution < 1.29 is 14.0 Å². The maximum Gasteiger partial charge on any atom is 0.346 e. The largest absolute Gasteiger partial charge is 0.461 e. The van der Waals surface area contributed by atoms with Gasteiger partial charge in [0.15, 0.2) is 5.76 Å². The molecule has 3 aromatic rings. The molecule has 166 valence electrons.